The topological polar surface area (TPSA) is 89.3 Å². The quantitative estimate of drug-likeness (QED) is 0.546. The number of hydrogen-bond donors (Lipinski definition) is 1. The van der Waals surface area contributed by atoms with Crippen molar-refractivity contribution in [2.75, 3.05) is 14.2 Å². The maximum Gasteiger partial charge on any atom is 0.273 e. The summed E-state index contributed by atoms with van der Waals surface area (Å²) in [5.74, 6) is -1.28. The number of amides is 1. The first-order valence-corrected chi connectivity index (χ1v) is 8.78. The van der Waals surface area contributed by atoms with E-state index in [0.29, 0.717) is 16.7 Å². The normalized spacial score (nSPS) is 11.8. The van der Waals surface area contributed by atoms with Crippen molar-refractivity contribution in [1.29, 1.82) is 0 Å². The second kappa shape index (κ2) is 10.1. The highest BCUT2D eigenvalue weighted by Gasteiger charge is 2.19. The molecule has 152 valence electrons. The Balaban J connectivity index is 2.37. The monoisotopic (exact) mass is 399 g/mol. The molecule has 0 aliphatic heterocycles. The molecule has 2 aromatic carbocycles. The molecule has 0 bridgehead atoms. The Morgan fingerprint density at radius 2 is 1.83 bits per heavy atom. The van der Waals surface area contributed by atoms with Crippen LogP contribution in [0.5, 0.6) is 0 Å². The summed E-state index contributed by atoms with van der Waals surface area (Å²) < 4.78 is 13.5. The molecule has 1 amide bonds. The Morgan fingerprint density at radius 3 is 2.45 bits per heavy atom. The van der Waals surface area contributed by atoms with Gasteiger partial charge in [0, 0.05) is 30.7 Å². The van der Waals surface area contributed by atoms with Gasteiger partial charge in [0.25, 0.3) is 5.91 Å². The number of halogens is 1. The predicted molar refractivity (Wildman–Crippen MR) is 107 cm³/mol. The first-order chi connectivity index (χ1) is 13.9. The third kappa shape index (κ3) is 5.47. The molecular weight excluding hydrogens is 377 g/mol. The number of likely N-dealkylation sites (N-methyl/N-ethyl adjacent to an activating group) is 1. The number of benzene rings is 2. The number of rotatable bonds is 8. The Morgan fingerprint density at radius 1 is 1.10 bits per heavy atom. The summed E-state index contributed by atoms with van der Waals surface area (Å²) in [5.41, 5.74) is 2.39. The van der Waals surface area contributed by atoms with Gasteiger partial charge in [0.05, 0.1) is 0 Å². The molecule has 29 heavy (non-hydrogen) atoms. The first kappa shape index (κ1) is 21.7. The molecule has 0 saturated carbocycles. The van der Waals surface area contributed by atoms with Gasteiger partial charge in [-0.2, -0.15) is 0 Å². The molecule has 1 N–H and O–H groups in total. The average molecular weight is 399 g/mol. The highest BCUT2D eigenvalue weighted by atomic mass is 19.1. The van der Waals surface area contributed by atoms with Crippen LogP contribution in [0.15, 0.2) is 52.8 Å². The first-order valence-electron chi connectivity index (χ1n) is 8.78. The van der Waals surface area contributed by atoms with E-state index in [4.69, 9.17) is 9.68 Å². The molecule has 0 heterocycles. The van der Waals surface area contributed by atoms with Gasteiger partial charge in [0.15, 0.2) is 17.2 Å². The van der Waals surface area contributed by atoms with Crippen LogP contribution in [0, 0.1) is 12.7 Å². The van der Waals surface area contributed by atoms with E-state index in [-0.39, 0.29) is 23.8 Å². The van der Waals surface area contributed by atoms with Gasteiger partial charge in [0.2, 0.25) is 0 Å². The van der Waals surface area contributed by atoms with Crippen LogP contribution < -0.4 is 5.32 Å². The maximum atomic E-state index is 13.5. The number of nitrogens with one attached hydrogen (secondary N) is 1. The minimum atomic E-state index is -0.483. The van der Waals surface area contributed by atoms with E-state index >= 15 is 0 Å². The molecule has 0 atom stereocenters. The fourth-order valence-electron chi connectivity index (χ4n) is 2.66. The van der Waals surface area contributed by atoms with E-state index in [1.165, 1.54) is 39.3 Å². The smallest absolute Gasteiger partial charge is 0.273 e. The standard InChI is InChI=1S/C21H22FN3O4/c1-13-7-5-10-17(20(24-28-4)21(27)23-3)18(13)12-29-25-19(14(2)26)15-8-6-9-16(22)11-15/h5-11H,12H2,1-4H3,(H,23,27)/b24-20+,25-19+. The van der Waals surface area contributed by atoms with Gasteiger partial charge in [-0.05, 0) is 24.6 Å². The zero-order valence-corrected chi connectivity index (χ0v) is 16.7. The number of ketones is 1. The number of carbonyl (C=O) groups excluding carboxylic acids is 2. The van der Waals surface area contributed by atoms with Crippen LogP contribution in [-0.2, 0) is 25.9 Å². The number of carbonyl (C=O) groups is 2. The van der Waals surface area contributed by atoms with Crippen LogP contribution in [0.2, 0.25) is 0 Å². The number of Topliss-reactive ketones (excluding diaryl/α,β-unsaturated/α-hetero) is 1. The molecule has 0 aromatic heterocycles. The van der Waals surface area contributed by atoms with E-state index in [1.807, 2.05) is 13.0 Å². The molecule has 8 heteroatoms. The highest BCUT2D eigenvalue weighted by Crippen LogP contribution is 2.18. The van der Waals surface area contributed by atoms with Crippen molar-refractivity contribution in [3.63, 3.8) is 0 Å². The lowest BCUT2D eigenvalue weighted by atomic mass is 9.98. The molecule has 7 nitrogen and oxygen atoms in total. The summed E-state index contributed by atoms with van der Waals surface area (Å²) >= 11 is 0. The highest BCUT2D eigenvalue weighted by molar-refractivity contribution is 6.46. The lowest BCUT2D eigenvalue weighted by Crippen LogP contribution is -2.29. The van der Waals surface area contributed by atoms with Crippen molar-refractivity contribution in [3.05, 3.63) is 70.5 Å². The van der Waals surface area contributed by atoms with Crippen molar-refractivity contribution in [2.24, 2.45) is 10.3 Å². The molecule has 0 aliphatic carbocycles. The summed E-state index contributed by atoms with van der Waals surface area (Å²) in [6.07, 6.45) is 0. The van der Waals surface area contributed by atoms with Crippen molar-refractivity contribution < 1.29 is 23.7 Å². The van der Waals surface area contributed by atoms with Crippen molar-refractivity contribution in [1.82, 2.24) is 5.32 Å². The predicted octanol–water partition coefficient (Wildman–Crippen LogP) is 2.74. The Hall–Kier alpha value is -3.55. The average Bonchev–Trinajstić information content (AvgIpc) is 2.69. The van der Waals surface area contributed by atoms with Crippen LogP contribution in [0.1, 0.15) is 29.2 Å². The number of oxime groups is 2. The zero-order chi connectivity index (χ0) is 21.4. The van der Waals surface area contributed by atoms with E-state index in [9.17, 15) is 14.0 Å². The lowest BCUT2D eigenvalue weighted by molar-refractivity contribution is -0.114. The van der Waals surface area contributed by atoms with Crippen molar-refractivity contribution in [3.8, 4) is 0 Å². The molecular formula is C21H22FN3O4. The minimum absolute atomic E-state index is 0.00304. The van der Waals surface area contributed by atoms with Crippen molar-refractivity contribution >= 4 is 23.1 Å². The summed E-state index contributed by atoms with van der Waals surface area (Å²) in [5, 5.41) is 10.2. The molecule has 0 fully saturated rings. The number of aryl methyl sites for hydroxylation is 1. The number of hydrogen-bond acceptors (Lipinski definition) is 6. The van der Waals surface area contributed by atoms with Crippen LogP contribution >= 0.6 is 0 Å². The zero-order valence-electron chi connectivity index (χ0n) is 16.7. The molecule has 0 radical (unpaired) electrons. The Bertz CT molecular complexity index is 970. The van der Waals surface area contributed by atoms with Crippen molar-refractivity contribution in [2.45, 2.75) is 20.5 Å². The summed E-state index contributed by atoms with van der Waals surface area (Å²) in [6.45, 7) is 3.13. The Kier molecular flexibility index (Phi) is 7.59. The van der Waals surface area contributed by atoms with Crippen LogP contribution in [-0.4, -0.2) is 37.3 Å². The van der Waals surface area contributed by atoms with E-state index in [2.05, 4.69) is 15.6 Å². The van der Waals surface area contributed by atoms with Crippen LogP contribution in [0.25, 0.3) is 0 Å². The third-order valence-electron chi connectivity index (χ3n) is 4.09. The van der Waals surface area contributed by atoms with Gasteiger partial charge in [-0.3, -0.25) is 9.59 Å². The fraction of sp³-hybridized carbons (Fsp3) is 0.238. The second-order valence-corrected chi connectivity index (χ2v) is 6.08. The minimum Gasteiger partial charge on any atom is -0.398 e. The van der Waals surface area contributed by atoms with Gasteiger partial charge >= 0.3 is 0 Å². The summed E-state index contributed by atoms with van der Waals surface area (Å²) in [4.78, 5) is 34.3. The summed E-state index contributed by atoms with van der Waals surface area (Å²) in [6, 6.07) is 10.9. The van der Waals surface area contributed by atoms with Gasteiger partial charge < -0.3 is 15.0 Å². The van der Waals surface area contributed by atoms with Gasteiger partial charge in [-0.25, -0.2) is 4.39 Å². The van der Waals surface area contributed by atoms with Crippen LogP contribution in [0.4, 0.5) is 4.39 Å². The third-order valence-corrected chi connectivity index (χ3v) is 4.09. The van der Waals surface area contributed by atoms with Gasteiger partial charge in [-0.1, -0.05) is 40.6 Å². The molecule has 0 aliphatic rings. The Labute approximate surface area is 168 Å². The molecule has 2 aromatic rings. The number of nitrogens with zero attached hydrogens (tertiary/aromatic N) is 2. The molecule has 0 unspecified atom stereocenters. The van der Waals surface area contributed by atoms with Gasteiger partial charge in [0.1, 0.15) is 19.5 Å². The fourth-order valence-corrected chi connectivity index (χ4v) is 2.66. The lowest BCUT2D eigenvalue weighted by Gasteiger charge is -2.13. The largest absolute Gasteiger partial charge is 0.398 e. The summed E-state index contributed by atoms with van der Waals surface area (Å²) in [7, 11) is 2.83. The maximum absolute atomic E-state index is 13.5. The molecule has 0 saturated heterocycles. The van der Waals surface area contributed by atoms with E-state index in [0.717, 1.165) is 5.56 Å². The molecule has 0 spiro atoms. The van der Waals surface area contributed by atoms with E-state index in [1.54, 1.807) is 18.2 Å². The second-order valence-electron chi connectivity index (χ2n) is 6.08. The van der Waals surface area contributed by atoms with E-state index < -0.39 is 11.7 Å². The van der Waals surface area contributed by atoms with Gasteiger partial charge in [-0.15, -0.1) is 0 Å². The van der Waals surface area contributed by atoms with Crippen LogP contribution in [0.3, 0.4) is 0 Å². The SMILES string of the molecule is CNC(=O)/C(=N/OC)c1cccc(C)c1CO/N=C(\C(C)=O)c1cccc(F)c1. The molecule has 2 rings (SSSR count).